The zero-order valence-electron chi connectivity index (χ0n) is 12.8. The third kappa shape index (κ3) is 3.92. The molecule has 5 nitrogen and oxygen atoms in total. The number of carbonyl (C=O) groups excluding carboxylic acids is 2. The smallest absolute Gasteiger partial charge is 0.251 e. The molecule has 0 bridgehead atoms. The molecule has 0 radical (unpaired) electrons. The van der Waals surface area contributed by atoms with E-state index in [-0.39, 0.29) is 11.8 Å². The van der Waals surface area contributed by atoms with E-state index in [1.165, 1.54) is 0 Å². The maximum Gasteiger partial charge on any atom is 0.251 e. The van der Waals surface area contributed by atoms with Crippen molar-refractivity contribution >= 4 is 23.2 Å². The summed E-state index contributed by atoms with van der Waals surface area (Å²) < 4.78 is 0. The molecule has 0 spiro atoms. The van der Waals surface area contributed by atoms with Gasteiger partial charge in [0.15, 0.2) is 0 Å². The molecule has 6 heteroatoms. The maximum absolute atomic E-state index is 12.1. The van der Waals surface area contributed by atoms with Crippen LogP contribution in [0.1, 0.15) is 29.9 Å². The van der Waals surface area contributed by atoms with Crippen LogP contribution in [0.4, 0.5) is 0 Å². The zero-order chi connectivity index (χ0) is 16.1. The number of benzene rings is 1. The van der Waals surface area contributed by atoms with E-state index in [1.54, 1.807) is 30.4 Å². The molecular formula is C16H19N3O2S. The lowest BCUT2D eigenvalue weighted by molar-refractivity contribution is -0.122. The van der Waals surface area contributed by atoms with Crippen LogP contribution in [-0.2, 0) is 4.79 Å². The first-order chi connectivity index (χ1) is 10.5. The monoisotopic (exact) mass is 317 g/mol. The van der Waals surface area contributed by atoms with Gasteiger partial charge in [-0.1, -0.05) is 12.1 Å². The van der Waals surface area contributed by atoms with Gasteiger partial charge in [-0.25, -0.2) is 4.98 Å². The van der Waals surface area contributed by atoms with Crippen LogP contribution >= 0.6 is 11.3 Å². The Balaban J connectivity index is 2.04. The quantitative estimate of drug-likeness (QED) is 0.889. The second kappa shape index (κ2) is 7.17. The number of nitrogens with one attached hydrogen (secondary N) is 2. The van der Waals surface area contributed by atoms with Crippen LogP contribution in [0.25, 0.3) is 10.6 Å². The molecule has 0 fully saturated rings. The Bertz CT molecular complexity index is 664. The van der Waals surface area contributed by atoms with Crippen LogP contribution in [-0.4, -0.2) is 29.4 Å². The number of nitrogens with zero attached hydrogens (tertiary/aromatic N) is 1. The van der Waals surface area contributed by atoms with Gasteiger partial charge in [0.2, 0.25) is 5.91 Å². The Morgan fingerprint density at radius 2 is 1.95 bits per heavy atom. The number of thiazole rings is 1. The second-order valence-corrected chi connectivity index (χ2v) is 5.82. The van der Waals surface area contributed by atoms with E-state index < -0.39 is 6.04 Å². The summed E-state index contributed by atoms with van der Waals surface area (Å²) in [5.41, 5.74) is 2.48. The fourth-order valence-electron chi connectivity index (χ4n) is 1.92. The minimum absolute atomic E-state index is 0.189. The Kier molecular flexibility index (Phi) is 5.27. The predicted octanol–water partition coefficient (Wildman–Crippen LogP) is 2.37. The summed E-state index contributed by atoms with van der Waals surface area (Å²) in [5.74, 6) is -0.452. The number of amides is 2. The standard InChI is InChI=1S/C16H19N3O2S/c1-4-17-14(20)11(3)19-15(21)12-5-7-13(8-6-12)16-18-10(2)9-22-16/h5-9,11H,4H2,1-3H3,(H,17,20)(H,19,21). The average molecular weight is 317 g/mol. The largest absolute Gasteiger partial charge is 0.355 e. The van der Waals surface area contributed by atoms with Crippen molar-refractivity contribution in [3.05, 3.63) is 40.9 Å². The summed E-state index contributed by atoms with van der Waals surface area (Å²) >= 11 is 1.57. The van der Waals surface area contributed by atoms with Gasteiger partial charge >= 0.3 is 0 Å². The van der Waals surface area contributed by atoms with Gasteiger partial charge in [0.05, 0.1) is 0 Å². The van der Waals surface area contributed by atoms with E-state index in [9.17, 15) is 9.59 Å². The number of hydrogen-bond donors (Lipinski definition) is 2. The summed E-state index contributed by atoms with van der Waals surface area (Å²) in [6, 6.07) is 6.65. The van der Waals surface area contributed by atoms with Gasteiger partial charge in [-0.2, -0.15) is 0 Å². The fourth-order valence-corrected chi connectivity index (χ4v) is 2.73. The SMILES string of the molecule is CCNC(=O)C(C)NC(=O)c1ccc(-c2nc(C)cs2)cc1. The number of aromatic nitrogens is 1. The number of carbonyl (C=O) groups is 2. The lowest BCUT2D eigenvalue weighted by Gasteiger charge is -2.13. The van der Waals surface area contributed by atoms with Crippen LogP contribution in [0, 0.1) is 6.92 Å². The van der Waals surface area contributed by atoms with Crippen molar-refractivity contribution in [3.63, 3.8) is 0 Å². The molecule has 1 heterocycles. The molecule has 1 unspecified atom stereocenters. The van der Waals surface area contributed by atoms with Gasteiger partial charge in [0, 0.05) is 28.7 Å². The summed E-state index contributed by atoms with van der Waals surface area (Å²) in [4.78, 5) is 28.1. The molecule has 2 N–H and O–H groups in total. The molecular weight excluding hydrogens is 298 g/mol. The molecule has 0 aliphatic carbocycles. The normalized spacial score (nSPS) is 11.8. The molecule has 2 aromatic rings. The molecule has 0 saturated heterocycles. The zero-order valence-corrected chi connectivity index (χ0v) is 13.7. The van der Waals surface area contributed by atoms with Gasteiger partial charge in [-0.3, -0.25) is 9.59 Å². The van der Waals surface area contributed by atoms with Crippen LogP contribution in [0.5, 0.6) is 0 Å². The number of likely N-dealkylation sites (N-methyl/N-ethyl adjacent to an activating group) is 1. The van der Waals surface area contributed by atoms with Crippen LogP contribution < -0.4 is 10.6 Å². The summed E-state index contributed by atoms with van der Waals surface area (Å²) in [6.45, 7) is 5.99. The number of hydrogen-bond acceptors (Lipinski definition) is 4. The van der Waals surface area contributed by atoms with Crippen molar-refractivity contribution < 1.29 is 9.59 Å². The summed E-state index contributed by atoms with van der Waals surface area (Å²) in [5, 5.41) is 8.28. The lowest BCUT2D eigenvalue weighted by Crippen LogP contribution is -2.44. The molecule has 2 rings (SSSR count). The Morgan fingerprint density at radius 1 is 1.27 bits per heavy atom. The molecule has 1 aromatic carbocycles. The molecule has 0 aliphatic heterocycles. The molecule has 2 amide bonds. The van der Waals surface area contributed by atoms with Crippen LogP contribution in [0.15, 0.2) is 29.6 Å². The molecule has 1 atom stereocenters. The average Bonchev–Trinajstić information content (AvgIpc) is 2.94. The predicted molar refractivity (Wildman–Crippen MR) is 87.9 cm³/mol. The van der Waals surface area contributed by atoms with Gasteiger partial charge in [0.25, 0.3) is 5.91 Å². The van der Waals surface area contributed by atoms with E-state index in [0.717, 1.165) is 16.3 Å². The number of aryl methyl sites for hydroxylation is 1. The highest BCUT2D eigenvalue weighted by Crippen LogP contribution is 2.23. The second-order valence-electron chi connectivity index (χ2n) is 4.96. The molecule has 0 aliphatic rings. The minimum atomic E-state index is -0.561. The topological polar surface area (TPSA) is 71.1 Å². The van der Waals surface area contributed by atoms with Crippen LogP contribution in [0.2, 0.25) is 0 Å². The van der Waals surface area contributed by atoms with E-state index >= 15 is 0 Å². The highest BCUT2D eigenvalue weighted by molar-refractivity contribution is 7.13. The molecule has 116 valence electrons. The Morgan fingerprint density at radius 3 is 2.50 bits per heavy atom. The third-order valence-electron chi connectivity index (χ3n) is 3.10. The van der Waals surface area contributed by atoms with Gasteiger partial charge in [0.1, 0.15) is 11.0 Å². The Hall–Kier alpha value is -2.21. The molecule has 1 aromatic heterocycles. The van der Waals surface area contributed by atoms with Crippen molar-refractivity contribution in [2.75, 3.05) is 6.54 Å². The van der Waals surface area contributed by atoms with Gasteiger partial charge < -0.3 is 10.6 Å². The van der Waals surface area contributed by atoms with E-state index in [0.29, 0.717) is 12.1 Å². The summed E-state index contributed by atoms with van der Waals surface area (Å²) in [6.07, 6.45) is 0. The molecule has 22 heavy (non-hydrogen) atoms. The van der Waals surface area contributed by atoms with E-state index in [4.69, 9.17) is 0 Å². The first-order valence-corrected chi connectivity index (χ1v) is 8.00. The first kappa shape index (κ1) is 16.2. The number of rotatable bonds is 5. The minimum Gasteiger partial charge on any atom is -0.355 e. The van der Waals surface area contributed by atoms with Crippen molar-refractivity contribution in [3.8, 4) is 10.6 Å². The van der Waals surface area contributed by atoms with E-state index in [2.05, 4.69) is 15.6 Å². The molecule has 0 saturated carbocycles. The maximum atomic E-state index is 12.1. The van der Waals surface area contributed by atoms with Crippen molar-refractivity contribution in [1.82, 2.24) is 15.6 Å². The van der Waals surface area contributed by atoms with Crippen molar-refractivity contribution in [2.24, 2.45) is 0 Å². The highest BCUT2D eigenvalue weighted by atomic mass is 32.1. The van der Waals surface area contributed by atoms with E-state index in [1.807, 2.05) is 31.4 Å². The lowest BCUT2D eigenvalue weighted by atomic mass is 10.1. The van der Waals surface area contributed by atoms with Crippen LogP contribution in [0.3, 0.4) is 0 Å². The highest BCUT2D eigenvalue weighted by Gasteiger charge is 2.15. The summed E-state index contributed by atoms with van der Waals surface area (Å²) in [7, 11) is 0. The Labute approximate surface area is 133 Å². The van der Waals surface area contributed by atoms with Gasteiger partial charge in [-0.05, 0) is 32.9 Å². The fraction of sp³-hybridized carbons (Fsp3) is 0.312. The van der Waals surface area contributed by atoms with Gasteiger partial charge in [-0.15, -0.1) is 11.3 Å². The third-order valence-corrected chi connectivity index (χ3v) is 4.11. The van der Waals surface area contributed by atoms with Crippen molar-refractivity contribution in [2.45, 2.75) is 26.8 Å². The first-order valence-electron chi connectivity index (χ1n) is 7.12. The van der Waals surface area contributed by atoms with Crippen molar-refractivity contribution in [1.29, 1.82) is 0 Å².